The lowest BCUT2D eigenvalue weighted by atomic mass is 9.86. The van der Waals surface area contributed by atoms with Gasteiger partial charge in [0, 0.05) is 10.6 Å². The summed E-state index contributed by atoms with van der Waals surface area (Å²) in [4.78, 5) is 22.0. The number of halogens is 1. The average molecular weight is 269 g/mol. The summed E-state index contributed by atoms with van der Waals surface area (Å²) in [6.45, 7) is 0.584. The van der Waals surface area contributed by atoms with Crippen molar-refractivity contribution >= 4 is 23.4 Å². The van der Waals surface area contributed by atoms with Gasteiger partial charge in [-0.3, -0.25) is 4.79 Å². The molecule has 5 heteroatoms. The highest BCUT2D eigenvalue weighted by molar-refractivity contribution is 6.40. The van der Waals surface area contributed by atoms with Gasteiger partial charge in [-0.2, -0.15) is 0 Å². The van der Waals surface area contributed by atoms with E-state index in [9.17, 15) is 9.59 Å². The molecule has 0 aliphatic heterocycles. The smallest absolute Gasteiger partial charge is 0.377 e. The van der Waals surface area contributed by atoms with Gasteiger partial charge in [-0.25, -0.2) is 4.79 Å². The molecule has 0 aromatic heterocycles. The maximum atomic E-state index is 11.3. The summed E-state index contributed by atoms with van der Waals surface area (Å²) in [5.41, 5.74) is 0.0404. The van der Waals surface area contributed by atoms with E-state index < -0.39 is 11.8 Å². The predicted molar refractivity (Wildman–Crippen MR) is 66.3 cm³/mol. The van der Waals surface area contributed by atoms with Gasteiger partial charge in [0.05, 0.1) is 6.61 Å². The van der Waals surface area contributed by atoms with Crippen molar-refractivity contribution in [2.75, 3.05) is 6.61 Å². The van der Waals surface area contributed by atoms with Crippen molar-refractivity contribution in [1.29, 1.82) is 0 Å². The highest BCUT2D eigenvalue weighted by Gasteiger charge is 2.19. The second-order valence-electron chi connectivity index (χ2n) is 4.42. The first-order valence-electron chi connectivity index (χ1n) is 5.77. The molecule has 0 saturated heterocycles. The van der Waals surface area contributed by atoms with Gasteiger partial charge in [-0.15, -0.1) is 0 Å². The van der Waals surface area contributed by atoms with Crippen LogP contribution >= 0.6 is 11.6 Å². The monoisotopic (exact) mass is 268 g/mol. The Kier molecular flexibility index (Phi) is 3.87. The number of carboxylic acids is 1. The van der Waals surface area contributed by atoms with E-state index in [4.69, 9.17) is 21.4 Å². The zero-order valence-corrected chi connectivity index (χ0v) is 10.4. The second kappa shape index (κ2) is 5.40. The van der Waals surface area contributed by atoms with E-state index in [1.54, 1.807) is 6.07 Å². The van der Waals surface area contributed by atoms with Crippen molar-refractivity contribution in [2.24, 2.45) is 5.92 Å². The van der Waals surface area contributed by atoms with Crippen molar-refractivity contribution < 1.29 is 19.4 Å². The van der Waals surface area contributed by atoms with E-state index in [2.05, 4.69) is 0 Å². The molecule has 0 radical (unpaired) electrons. The quantitative estimate of drug-likeness (QED) is 0.659. The molecule has 96 valence electrons. The number of aliphatic carboxylic acids is 1. The number of carbonyl (C=O) groups excluding carboxylic acids is 1. The maximum Gasteiger partial charge on any atom is 0.377 e. The molecule has 1 saturated carbocycles. The normalized spacial score (nSPS) is 14.9. The van der Waals surface area contributed by atoms with Crippen LogP contribution in [0.25, 0.3) is 0 Å². The summed E-state index contributed by atoms with van der Waals surface area (Å²) in [6.07, 6.45) is 3.54. The zero-order valence-electron chi connectivity index (χ0n) is 9.69. The molecule has 0 unspecified atom stereocenters. The fraction of sp³-hybridized carbons (Fsp3) is 0.385. The summed E-state index contributed by atoms with van der Waals surface area (Å²) >= 11 is 5.84. The Morgan fingerprint density at radius 1 is 1.33 bits per heavy atom. The van der Waals surface area contributed by atoms with E-state index in [1.165, 1.54) is 18.6 Å². The maximum absolute atomic E-state index is 11.3. The lowest BCUT2D eigenvalue weighted by molar-refractivity contribution is -0.131. The van der Waals surface area contributed by atoms with Gasteiger partial charge in [0.1, 0.15) is 5.75 Å². The van der Waals surface area contributed by atoms with Gasteiger partial charge in [0.15, 0.2) is 0 Å². The van der Waals surface area contributed by atoms with Crippen LogP contribution in [-0.4, -0.2) is 23.5 Å². The molecule has 1 aliphatic carbocycles. The van der Waals surface area contributed by atoms with E-state index in [1.807, 2.05) is 0 Å². The van der Waals surface area contributed by atoms with Crippen LogP contribution in [0.3, 0.4) is 0 Å². The van der Waals surface area contributed by atoms with Gasteiger partial charge in [0.2, 0.25) is 0 Å². The number of ether oxygens (including phenoxy) is 1. The molecule has 2 rings (SSSR count). The zero-order chi connectivity index (χ0) is 13.1. The van der Waals surface area contributed by atoms with Crippen molar-refractivity contribution in [3.05, 3.63) is 28.8 Å². The summed E-state index contributed by atoms with van der Waals surface area (Å²) in [7, 11) is 0. The SMILES string of the molecule is O=C(O)C(=O)c1cc(Cl)cc(OCC2CCC2)c1. The Bertz CT molecular complexity index is 480. The number of hydrogen-bond donors (Lipinski definition) is 1. The standard InChI is InChI=1S/C13H13ClO4/c14-10-4-9(12(15)13(16)17)5-11(6-10)18-7-8-2-1-3-8/h4-6,8H,1-3,7H2,(H,16,17). The summed E-state index contributed by atoms with van der Waals surface area (Å²) < 4.78 is 5.53. The highest BCUT2D eigenvalue weighted by Crippen LogP contribution is 2.28. The third-order valence-corrected chi connectivity index (χ3v) is 3.26. The number of Topliss-reactive ketones (excluding diaryl/α,β-unsaturated/α-hetero) is 1. The minimum Gasteiger partial charge on any atom is -0.493 e. The van der Waals surface area contributed by atoms with Crippen LogP contribution in [0, 0.1) is 5.92 Å². The highest BCUT2D eigenvalue weighted by atomic mass is 35.5. The van der Waals surface area contributed by atoms with E-state index >= 15 is 0 Å². The minimum atomic E-state index is -1.50. The summed E-state index contributed by atoms with van der Waals surface area (Å²) in [5, 5.41) is 8.95. The Labute approximate surface area is 110 Å². The average Bonchev–Trinajstić information content (AvgIpc) is 2.25. The first-order chi connectivity index (χ1) is 8.56. The molecule has 1 N–H and O–H groups in total. The lowest BCUT2D eigenvalue weighted by Gasteiger charge is -2.25. The molecule has 18 heavy (non-hydrogen) atoms. The molecule has 1 aromatic rings. The molecule has 0 heterocycles. The Morgan fingerprint density at radius 3 is 2.61 bits per heavy atom. The fourth-order valence-corrected chi connectivity index (χ4v) is 2.00. The molecule has 1 aromatic carbocycles. The first-order valence-corrected chi connectivity index (χ1v) is 6.15. The van der Waals surface area contributed by atoms with Crippen molar-refractivity contribution in [1.82, 2.24) is 0 Å². The summed E-state index contributed by atoms with van der Waals surface area (Å²) in [5.74, 6) is -1.48. The van der Waals surface area contributed by atoms with Crippen LogP contribution < -0.4 is 4.74 Å². The predicted octanol–water partition coefficient (Wildman–Crippen LogP) is 2.79. The topological polar surface area (TPSA) is 63.6 Å². The van der Waals surface area contributed by atoms with Crippen LogP contribution in [0.5, 0.6) is 5.75 Å². The van der Waals surface area contributed by atoms with Gasteiger partial charge in [-0.05, 0) is 37.0 Å². The fourth-order valence-electron chi connectivity index (χ4n) is 1.77. The van der Waals surface area contributed by atoms with Gasteiger partial charge >= 0.3 is 5.97 Å². The van der Waals surface area contributed by atoms with Crippen LogP contribution in [0.15, 0.2) is 18.2 Å². The lowest BCUT2D eigenvalue weighted by Crippen LogP contribution is -2.19. The van der Waals surface area contributed by atoms with E-state index in [0.29, 0.717) is 23.3 Å². The first kappa shape index (κ1) is 12.9. The Balaban J connectivity index is 2.09. The third kappa shape index (κ3) is 3.01. The molecular weight excluding hydrogens is 256 g/mol. The molecule has 0 atom stereocenters. The van der Waals surface area contributed by atoms with Crippen LogP contribution in [0.2, 0.25) is 5.02 Å². The largest absolute Gasteiger partial charge is 0.493 e. The summed E-state index contributed by atoms with van der Waals surface area (Å²) in [6, 6.07) is 4.33. The Morgan fingerprint density at radius 2 is 2.06 bits per heavy atom. The van der Waals surface area contributed by atoms with E-state index in [0.717, 1.165) is 12.8 Å². The number of ketones is 1. The molecular formula is C13H13ClO4. The molecule has 0 bridgehead atoms. The van der Waals surface area contributed by atoms with Crippen LogP contribution in [-0.2, 0) is 4.79 Å². The van der Waals surface area contributed by atoms with Crippen molar-refractivity contribution in [2.45, 2.75) is 19.3 Å². The van der Waals surface area contributed by atoms with Crippen LogP contribution in [0.4, 0.5) is 0 Å². The molecule has 0 spiro atoms. The molecule has 1 aliphatic rings. The van der Waals surface area contributed by atoms with Gasteiger partial charge in [-0.1, -0.05) is 18.0 Å². The molecule has 4 nitrogen and oxygen atoms in total. The van der Waals surface area contributed by atoms with Crippen molar-refractivity contribution in [3.63, 3.8) is 0 Å². The second-order valence-corrected chi connectivity index (χ2v) is 4.85. The molecule has 0 amide bonds. The number of carbonyl (C=O) groups is 2. The number of carboxylic acid groups (broad SMARTS) is 1. The van der Waals surface area contributed by atoms with Crippen molar-refractivity contribution in [3.8, 4) is 5.75 Å². The van der Waals surface area contributed by atoms with E-state index in [-0.39, 0.29) is 5.56 Å². The van der Waals surface area contributed by atoms with Gasteiger partial charge in [0.25, 0.3) is 5.78 Å². The Hall–Kier alpha value is -1.55. The number of hydrogen-bond acceptors (Lipinski definition) is 3. The molecule has 1 fully saturated rings. The third-order valence-electron chi connectivity index (χ3n) is 3.04. The van der Waals surface area contributed by atoms with Gasteiger partial charge < -0.3 is 9.84 Å². The minimum absolute atomic E-state index is 0.0404. The number of benzene rings is 1. The van der Waals surface area contributed by atoms with Crippen LogP contribution in [0.1, 0.15) is 29.6 Å². The number of rotatable bonds is 5.